The topological polar surface area (TPSA) is 105 Å². The van der Waals surface area contributed by atoms with Crippen molar-refractivity contribution in [1.82, 2.24) is 35.0 Å². The first-order chi connectivity index (χ1) is 14.1. The van der Waals surface area contributed by atoms with Crippen molar-refractivity contribution in [3.05, 3.63) is 54.0 Å². The molecule has 0 unspecified atom stereocenters. The molecule has 10 heteroatoms. The molecule has 1 aromatic carbocycles. The molecule has 0 saturated carbocycles. The Kier molecular flexibility index (Phi) is 6.50. The fourth-order valence-electron chi connectivity index (χ4n) is 3.62. The first-order valence-electron chi connectivity index (χ1n) is 9.59. The van der Waals surface area contributed by atoms with Gasteiger partial charge in [0.15, 0.2) is 11.5 Å². The summed E-state index contributed by atoms with van der Waals surface area (Å²) < 4.78 is 3.00. The molecule has 1 aliphatic heterocycles. The Labute approximate surface area is 180 Å². The molecule has 0 bridgehead atoms. The molecule has 0 aliphatic carbocycles. The first-order valence-corrected chi connectivity index (χ1v) is 9.59. The largest absolute Gasteiger partial charge is 0.330 e. The van der Waals surface area contributed by atoms with Crippen LogP contribution in [0.15, 0.2) is 42.7 Å². The number of rotatable bonds is 5. The molecule has 30 heavy (non-hydrogen) atoms. The highest BCUT2D eigenvalue weighted by Crippen LogP contribution is 2.18. The third-order valence-corrected chi connectivity index (χ3v) is 4.98. The summed E-state index contributed by atoms with van der Waals surface area (Å²) in [7, 11) is 0. The second-order valence-corrected chi connectivity index (χ2v) is 7.26. The molecule has 3 heterocycles. The van der Waals surface area contributed by atoms with Crippen LogP contribution in [0.5, 0.6) is 0 Å². The average Bonchev–Trinajstić information content (AvgIpc) is 3.48. The van der Waals surface area contributed by atoms with Crippen LogP contribution in [0.25, 0.3) is 11.5 Å². The Morgan fingerprint density at radius 3 is 2.67 bits per heavy atom. The van der Waals surface area contributed by atoms with Gasteiger partial charge in [0.1, 0.15) is 11.6 Å². The highest BCUT2D eigenvalue weighted by Gasteiger charge is 2.31. The van der Waals surface area contributed by atoms with Crippen molar-refractivity contribution in [3.8, 4) is 17.6 Å². The second-order valence-electron chi connectivity index (χ2n) is 7.26. The van der Waals surface area contributed by atoms with Crippen molar-refractivity contribution < 1.29 is 4.79 Å². The Morgan fingerprint density at radius 2 is 2.03 bits per heavy atom. The molecule has 3 aromatic rings. The molecule has 0 spiro atoms. The molecular formula is C20H23ClN8O. The molecule has 1 saturated heterocycles. The SMILES string of the molecule is CC(C)N(C(=O)c1cn(-c2nn(-c3ccccc3)cc2C#N)nn1)[C@H]1CCNC1.Cl. The average molecular weight is 427 g/mol. The fraction of sp³-hybridized carbons (Fsp3) is 0.350. The highest BCUT2D eigenvalue weighted by atomic mass is 35.5. The number of nitriles is 1. The molecule has 1 N–H and O–H groups in total. The van der Waals surface area contributed by atoms with Crippen LogP contribution >= 0.6 is 12.4 Å². The number of nitrogens with zero attached hydrogens (tertiary/aromatic N) is 7. The molecule has 1 fully saturated rings. The summed E-state index contributed by atoms with van der Waals surface area (Å²) in [4.78, 5) is 14.9. The molecule has 1 atom stereocenters. The summed E-state index contributed by atoms with van der Waals surface area (Å²) in [6.07, 6.45) is 4.09. The lowest BCUT2D eigenvalue weighted by Gasteiger charge is -2.31. The van der Waals surface area contributed by atoms with Crippen molar-refractivity contribution in [1.29, 1.82) is 5.26 Å². The number of benzene rings is 1. The van der Waals surface area contributed by atoms with Gasteiger partial charge in [-0.2, -0.15) is 9.94 Å². The number of carbonyl (C=O) groups is 1. The molecular weight excluding hydrogens is 404 g/mol. The molecule has 4 rings (SSSR count). The zero-order chi connectivity index (χ0) is 20.4. The Bertz CT molecular complexity index is 1050. The van der Waals surface area contributed by atoms with Gasteiger partial charge in [-0.25, -0.2) is 4.68 Å². The van der Waals surface area contributed by atoms with Crippen LogP contribution in [0.1, 0.15) is 36.3 Å². The van der Waals surface area contributed by atoms with E-state index >= 15 is 0 Å². The van der Waals surface area contributed by atoms with Gasteiger partial charge in [0.25, 0.3) is 5.91 Å². The molecule has 156 valence electrons. The minimum atomic E-state index is -0.166. The van der Waals surface area contributed by atoms with E-state index in [4.69, 9.17) is 0 Å². The van der Waals surface area contributed by atoms with Gasteiger partial charge in [0, 0.05) is 18.6 Å². The summed E-state index contributed by atoms with van der Waals surface area (Å²) in [6.45, 7) is 5.67. The van der Waals surface area contributed by atoms with Crippen LogP contribution in [-0.4, -0.2) is 60.8 Å². The lowest BCUT2D eigenvalue weighted by Crippen LogP contribution is -2.46. The van der Waals surface area contributed by atoms with Crippen molar-refractivity contribution in [2.24, 2.45) is 0 Å². The summed E-state index contributed by atoms with van der Waals surface area (Å²) in [5.41, 5.74) is 1.41. The highest BCUT2D eigenvalue weighted by molar-refractivity contribution is 5.92. The molecule has 1 amide bonds. The number of hydrogen-bond acceptors (Lipinski definition) is 6. The Balaban J connectivity index is 0.00000256. The number of carbonyl (C=O) groups excluding carboxylic acids is 1. The van der Waals surface area contributed by atoms with Gasteiger partial charge in [0.05, 0.1) is 18.1 Å². The van der Waals surface area contributed by atoms with Crippen molar-refractivity contribution in [3.63, 3.8) is 0 Å². The fourth-order valence-corrected chi connectivity index (χ4v) is 3.62. The summed E-state index contributed by atoms with van der Waals surface area (Å²) in [5.74, 6) is 0.169. The summed E-state index contributed by atoms with van der Waals surface area (Å²) >= 11 is 0. The van der Waals surface area contributed by atoms with E-state index < -0.39 is 0 Å². The third kappa shape index (κ3) is 4.06. The van der Waals surface area contributed by atoms with Gasteiger partial charge in [-0.05, 0) is 38.9 Å². The van der Waals surface area contributed by atoms with Gasteiger partial charge in [0.2, 0.25) is 0 Å². The number of para-hydroxylation sites is 1. The van der Waals surface area contributed by atoms with E-state index in [2.05, 4.69) is 26.8 Å². The Hall–Kier alpha value is -3.22. The number of amides is 1. The van der Waals surface area contributed by atoms with Crippen LogP contribution in [-0.2, 0) is 0 Å². The van der Waals surface area contributed by atoms with E-state index in [1.165, 1.54) is 4.68 Å². The third-order valence-electron chi connectivity index (χ3n) is 4.98. The maximum absolute atomic E-state index is 13.1. The van der Waals surface area contributed by atoms with Crippen LogP contribution in [0, 0.1) is 11.3 Å². The normalized spacial score (nSPS) is 15.6. The van der Waals surface area contributed by atoms with E-state index in [9.17, 15) is 10.1 Å². The van der Waals surface area contributed by atoms with Crippen molar-refractivity contribution in [2.45, 2.75) is 32.4 Å². The maximum atomic E-state index is 13.1. The van der Waals surface area contributed by atoms with E-state index in [0.717, 1.165) is 25.2 Å². The zero-order valence-electron chi connectivity index (χ0n) is 16.8. The van der Waals surface area contributed by atoms with E-state index in [1.54, 1.807) is 17.1 Å². The second kappa shape index (κ2) is 9.07. The molecule has 2 aromatic heterocycles. The van der Waals surface area contributed by atoms with Crippen LogP contribution in [0.2, 0.25) is 0 Å². The van der Waals surface area contributed by atoms with Gasteiger partial charge in [-0.1, -0.05) is 23.4 Å². The summed E-state index contributed by atoms with van der Waals surface area (Å²) in [5, 5.41) is 25.4. The lowest BCUT2D eigenvalue weighted by molar-refractivity contribution is 0.0620. The van der Waals surface area contributed by atoms with Crippen LogP contribution in [0.4, 0.5) is 0 Å². The zero-order valence-corrected chi connectivity index (χ0v) is 17.6. The predicted molar refractivity (Wildman–Crippen MR) is 113 cm³/mol. The monoisotopic (exact) mass is 426 g/mol. The quantitative estimate of drug-likeness (QED) is 0.668. The van der Waals surface area contributed by atoms with Gasteiger partial charge < -0.3 is 10.2 Å². The van der Waals surface area contributed by atoms with Crippen molar-refractivity contribution >= 4 is 18.3 Å². The number of aromatic nitrogens is 5. The van der Waals surface area contributed by atoms with Crippen LogP contribution < -0.4 is 5.32 Å². The Morgan fingerprint density at radius 1 is 1.27 bits per heavy atom. The number of halogens is 1. The smallest absolute Gasteiger partial charge is 0.276 e. The minimum absolute atomic E-state index is 0. The number of nitrogens with one attached hydrogen (secondary N) is 1. The van der Waals surface area contributed by atoms with Gasteiger partial charge in [-0.15, -0.1) is 22.6 Å². The molecule has 0 radical (unpaired) electrons. The predicted octanol–water partition coefficient (Wildman–Crippen LogP) is 1.96. The van der Waals surface area contributed by atoms with Crippen molar-refractivity contribution in [2.75, 3.05) is 13.1 Å². The van der Waals surface area contributed by atoms with E-state index in [0.29, 0.717) is 11.4 Å². The molecule has 9 nitrogen and oxygen atoms in total. The molecule has 1 aliphatic rings. The lowest BCUT2D eigenvalue weighted by atomic mass is 10.1. The van der Waals surface area contributed by atoms with Crippen LogP contribution in [0.3, 0.4) is 0 Å². The van der Waals surface area contributed by atoms with Gasteiger partial charge in [-0.3, -0.25) is 4.79 Å². The maximum Gasteiger partial charge on any atom is 0.276 e. The van der Waals surface area contributed by atoms with E-state index in [-0.39, 0.29) is 36.1 Å². The number of hydrogen-bond donors (Lipinski definition) is 1. The van der Waals surface area contributed by atoms with E-state index in [1.807, 2.05) is 49.1 Å². The minimum Gasteiger partial charge on any atom is -0.330 e. The standard InChI is InChI=1S/C20H22N8O.ClH/c1-14(2)28(17-8-9-22-11-17)20(29)18-13-27(25-23-18)19-15(10-21)12-26(24-19)16-6-4-3-5-7-16;/h3-7,12-14,17,22H,8-9,11H2,1-2H3;1H/t17-;/m0./s1. The first kappa shape index (κ1) is 21.5. The van der Waals surface area contributed by atoms with Gasteiger partial charge >= 0.3 is 0 Å². The summed E-state index contributed by atoms with van der Waals surface area (Å²) in [6, 6.07) is 11.8.